The van der Waals surface area contributed by atoms with Gasteiger partial charge in [0.25, 0.3) is 11.8 Å². The van der Waals surface area contributed by atoms with E-state index in [1.165, 1.54) is 29.7 Å². The van der Waals surface area contributed by atoms with E-state index in [2.05, 4.69) is 15.6 Å². The summed E-state index contributed by atoms with van der Waals surface area (Å²) in [5.41, 5.74) is 2.28. The summed E-state index contributed by atoms with van der Waals surface area (Å²) in [5.74, 6) is -0.404. The first-order valence-electron chi connectivity index (χ1n) is 10.0. The minimum atomic E-state index is -0.384. The van der Waals surface area contributed by atoms with Crippen LogP contribution < -0.4 is 15.4 Å². The number of amides is 2. The van der Waals surface area contributed by atoms with E-state index in [4.69, 9.17) is 9.15 Å². The molecular weight excluding hydrogens is 445 g/mol. The molecule has 0 saturated carbocycles. The van der Waals surface area contributed by atoms with Gasteiger partial charge < -0.3 is 14.5 Å². The van der Waals surface area contributed by atoms with Gasteiger partial charge >= 0.3 is 0 Å². The maximum Gasteiger partial charge on any atom is 0.291 e. The molecule has 0 unspecified atom stereocenters. The first-order chi connectivity index (χ1) is 16.0. The van der Waals surface area contributed by atoms with Crippen LogP contribution >= 0.6 is 11.3 Å². The summed E-state index contributed by atoms with van der Waals surface area (Å²) in [7, 11) is 0. The van der Waals surface area contributed by atoms with Crippen LogP contribution in [0.4, 0.5) is 15.2 Å². The van der Waals surface area contributed by atoms with Gasteiger partial charge in [-0.05, 0) is 48.9 Å². The fourth-order valence-corrected chi connectivity index (χ4v) is 4.01. The van der Waals surface area contributed by atoms with Crippen molar-refractivity contribution < 1.29 is 23.1 Å². The first-order valence-corrected chi connectivity index (χ1v) is 10.9. The van der Waals surface area contributed by atoms with E-state index in [9.17, 15) is 14.0 Å². The van der Waals surface area contributed by atoms with Crippen LogP contribution in [0.25, 0.3) is 0 Å². The SMILES string of the molecule is Cc1nc(NC(=O)COc2cccc(NC(=O)c3ccco3)c2)sc1Cc1ccc(F)cc1. The maximum absolute atomic E-state index is 13.1. The zero-order valence-electron chi connectivity index (χ0n) is 17.6. The highest BCUT2D eigenvalue weighted by Gasteiger charge is 2.13. The van der Waals surface area contributed by atoms with Crippen LogP contribution in [0.15, 0.2) is 71.3 Å². The molecule has 4 rings (SSSR count). The highest BCUT2D eigenvalue weighted by Crippen LogP contribution is 2.25. The average Bonchev–Trinajstić information content (AvgIpc) is 3.45. The smallest absolute Gasteiger partial charge is 0.291 e. The Morgan fingerprint density at radius 2 is 1.91 bits per heavy atom. The Labute approximate surface area is 193 Å². The summed E-state index contributed by atoms with van der Waals surface area (Å²) < 4.78 is 23.7. The molecule has 9 heteroatoms. The van der Waals surface area contributed by atoms with Crippen molar-refractivity contribution in [2.45, 2.75) is 13.3 Å². The normalized spacial score (nSPS) is 10.6. The molecule has 0 atom stereocenters. The molecule has 7 nitrogen and oxygen atoms in total. The van der Waals surface area contributed by atoms with E-state index in [0.717, 1.165) is 16.1 Å². The Hall–Kier alpha value is -3.98. The van der Waals surface area contributed by atoms with Gasteiger partial charge in [0.2, 0.25) is 0 Å². The van der Waals surface area contributed by atoms with Gasteiger partial charge in [0.1, 0.15) is 11.6 Å². The summed E-state index contributed by atoms with van der Waals surface area (Å²) >= 11 is 1.37. The third-order valence-electron chi connectivity index (χ3n) is 4.62. The summed E-state index contributed by atoms with van der Waals surface area (Å²) in [5, 5.41) is 5.91. The quantitative estimate of drug-likeness (QED) is 0.380. The largest absolute Gasteiger partial charge is 0.484 e. The highest BCUT2D eigenvalue weighted by atomic mass is 32.1. The zero-order valence-corrected chi connectivity index (χ0v) is 18.4. The average molecular weight is 466 g/mol. The summed E-state index contributed by atoms with van der Waals surface area (Å²) in [6.45, 7) is 1.64. The molecule has 0 spiro atoms. The number of aromatic nitrogens is 1. The predicted octanol–water partition coefficient (Wildman–Crippen LogP) is 5.04. The first kappa shape index (κ1) is 22.2. The molecule has 2 aromatic carbocycles. The van der Waals surface area contributed by atoms with E-state index in [1.807, 2.05) is 6.92 Å². The fraction of sp³-hybridized carbons (Fsp3) is 0.125. The molecule has 0 bridgehead atoms. The molecule has 0 saturated heterocycles. The van der Waals surface area contributed by atoms with Crippen LogP contribution in [-0.4, -0.2) is 23.4 Å². The van der Waals surface area contributed by atoms with Crippen LogP contribution in [0.1, 0.15) is 26.7 Å². The summed E-state index contributed by atoms with van der Waals surface area (Å²) in [6, 6.07) is 16.2. The molecular formula is C24H20FN3O4S. The molecule has 2 heterocycles. The molecule has 2 N–H and O–H groups in total. The molecule has 4 aromatic rings. The minimum Gasteiger partial charge on any atom is -0.484 e. The lowest BCUT2D eigenvalue weighted by atomic mass is 10.1. The molecule has 2 amide bonds. The van der Waals surface area contributed by atoms with Gasteiger partial charge in [-0.25, -0.2) is 9.37 Å². The van der Waals surface area contributed by atoms with Crippen molar-refractivity contribution in [1.82, 2.24) is 4.98 Å². The number of ether oxygens (including phenoxy) is 1. The van der Waals surface area contributed by atoms with Gasteiger partial charge in [0, 0.05) is 23.1 Å². The molecule has 0 aliphatic heterocycles. The maximum atomic E-state index is 13.1. The Balaban J connectivity index is 1.30. The molecule has 0 radical (unpaired) electrons. The lowest BCUT2D eigenvalue weighted by Gasteiger charge is -2.08. The predicted molar refractivity (Wildman–Crippen MR) is 123 cm³/mol. The summed E-state index contributed by atoms with van der Waals surface area (Å²) in [4.78, 5) is 29.8. The van der Waals surface area contributed by atoms with Crippen LogP contribution in [0, 0.1) is 12.7 Å². The summed E-state index contributed by atoms with van der Waals surface area (Å²) in [6.07, 6.45) is 2.02. The Bertz CT molecular complexity index is 1250. The number of anilines is 2. The van der Waals surface area contributed by atoms with Crippen LogP contribution in [0.2, 0.25) is 0 Å². The number of rotatable bonds is 8. The van der Waals surface area contributed by atoms with Gasteiger partial charge in [-0.3, -0.25) is 14.9 Å². The number of halogens is 1. The van der Waals surface area contributed by atoms with E-state index >= 15 is 0 Å². The van der Waals surface area contributed by atoms with Crippen molar-refractivity contribution in [1.29, 1.82) is 0 Å². The van der Waals surface area contributed by atoms with Crippen molar-refractivity contribution in [3.05, 3.63) is 94.6 Å². The number of hydrogen-bond donors (Lipinski definition) is 2. The number of carbonyl (C=O) groups excluding carboxylic acids is 2. The number of benzene rings is 2. The number of hydrogen-bond acceptors (Lipinski definition) is 6. The van der Waals surface area contributed by atoms with Crippen molar-refractivity contribution >= 4 is 34.0 Å². The topological polar surface area (TPSA) is 93.5 Å². The van der Waals surface area contributed by atoms with Gasteiger partial charge in [-0.2, -0.15) is 0 Å². The van der Waals surface area contributed by atoms with Crippen LogP contribution in [0.3, 0.4) is 0 Å². The van der Waals surface area contributed by atoms with Gasteiger partial charge in [0.15, 0.2) is 17.5 Å². The molecule has 2 aromatic heterocycles. The van der Waals surface area contributed by atoms with Crippen LogP contribution in [0.5, 0.6) is 5.75 Å². The second-order valence-electron chi connectivity index (χ2n) is 7.13. The highest BCUT2D eigenvalue weighted by molar-refractivity contribution is 7.15. The second-order valence-corrected chi connectivity index (χ2v) is 8.21. The molecule has 0 aliphatic rings. The Morgan fingerprint density at radius 3 is 2.67 bits per heavy atom. The van der Waals surface area contributed by atoms with Crippen molar-refractivity contribution in [3.63, 3.8) is 0 Å². The third kappa shape index (κ3) is 6.05. The van der Waals surface area contributed by atoms with Gasteiger partial charge in [0.05, 0.1) is 12.0 Å². The number of nitrogens with one attached hydrogen (secondary N) is 2. The zero-order chi connectivity index (χ0) is 23.2. The third-order valence-corrected chi connectivity index (χ3v) is 5.70. The lowest BCUT2D eigenvalue weighted by Crippen LogP contribution is -2.20. The van der Waals surface area contributed by atoms with Crippen molar-refractivity contribution in [2.75, 3.05) is 17.2 Å². The van der Waals surface area contributed by atoms with Gasteiger partial charge in [-0.15, -0.1) is 11.3 Å². The number of thiazole rings is 1. The minimum absolute atomic E-state index is 0.193. The van der Waals surface area contributed by atoms with Crippen molar-refractivity contribution in [3.8, 4) is 5.75 Å². The number of aryl methyl sites for hydroxylation is 1. The molecule has 33 heavy (non-hydrogen) atoms. The monoisotopic (exact) mass is 465 g/mol. The van der Waals surface area contributed by atoms with Crippen LogP contribution in [-0.2, 0) is 11.2 Å². The van der Waals surface area contributed by atoms with E-state index < -0.39 is 0 Å². The van der Waals surface area contributed by atoms with E-state index in [-0.39, 0.29) is 30.0 Å². The van der Waals surface area contributed by atoms with E-state index in [0.29, 0.717) is 23.0 Å². The fourth-order valence-electron chi connectivity index (χ4n) is 3.00. The van der Waals surface area contributed by atoms with Crippen molar-refractivity contribution in [2.24, 2.45) is 0 Å². The number of nitrogens with zero attached hydrogens (tertiary/aromatic N) is 1. The van der Waals surface area contributed by atoms with Gasteiger partial charge in [-0.1, -0.05) is 18.2 Å². The molecule has 0 aliphatic carbocycles. The second kappa shape index (κ2) is 10.1. The van der Waals surface area contributed by atoms with E-state index in [1.54, 1.807) is 48.5 Å². The Kier molecular flexibility index (Phi) is 6.80. The number of carbonyl (C=O) groups is 2. The number of furan rings is 1. The Morgan fingerprint density at radius 1 is 1.09 bits per heavy atom. The lowest BCUT2D eigenvalue weighted by molar-refractivity contribution is -0.118. The molecule has 168 valence electrons. The standard InChI is InChI=1S/C24H20FN3O4S/c1-15-21(12-16-7-9-17(25)10-8-16)33-24(26-15)28-22(29)14-32-19-5-2-4-18(13-19)27-23(30)20-6-3-11-31-20/h2-11,13H,12,14H2,1H3,(H,27,30)(H,26,28,29). The molecule has 0 fully saturated rings.